The number of hydrogen-bond acceptors (Lipinski definition) is 0. The molecule has 2 aromatic rings. The molecular weight excluding hydrogens is 498 g/mol. The van der Waals surface area contributed by atoms with Gasteiger partial charge in [0.25, 0.3) is 0 Å². The summed E-state index contributed by atoms with van der Waals surface area (Å²) in [5.74, 6) is 0.586. The van der Waals surface area contributed by atoms with Crippen molar-refractivity contribution in [2.45, 2.75) is 61.3 Å². The molecule has 2 aliphatic carbocycles. The van der Waals surface area contributed by atoms with Gasteiger partial charge in [0.15, 0.2) is 0 Å². The zero-order chi connectivity index (χ0) is 20.9. The summed E-state index contributed by atoms with van der Waals surface area (Å²) in [7, 11) is 0. The maximum atomic E-state index is 2.59. The Bertz CT molecular complexity index is 1080. The number of hydrogen-bond donors (Lipinski definition) is 0. The zero-order valence-corrected chi connectivity index (χ0v) is 23.8. The van der Waals surface area contributed by atoms with Crippen LogP contribution in [0.1, 0.15) is 66.0 Å². The van der Waals surface area contributed by atoms with Crippen LogP contribution in [0.25, 0.3) is 11.1 Å². The van der Waals surface area contributed by atoms with Gasteiger partial charge in [0.1, 0.15) is 0 Å². The van der Waals surface area contributed by atoms with E-state index in [9.17, 15) is 0 Å². The quantitative estimate of drug-likeness (QED) is 0.473. The minimum Gasteiger partial charge on any atom is -1.00 e. The first-order valence-corrected chi connectivity index (χ1v) is 14.8. The molecule has 164 valence electrons. The van der Waals surface area contributed by atoms with Gasteiger partial charge in [-0.15, -0.1) is 0 Å². The predicted molar refractivity (Wildman–Crippen MR) is 125 cm³/mol. The largest absolute Gasteiger partial charge is 1.00 e. The Balaban J connectivity index is 0.00000171. The second-order valence-corrected chi connectivity index (χ2v) is 16.9. The molecule has 0 nitrogen and oxygen atoms in total. The Morgan fingerprint density at radius 3 is 2.23 bits per heavy atom. The first kappa shape index (κ1) is 26.5. The van der Waals surface area contributed by atoms with Crippen molar-refractivity contribution in [2.24, 2.45) is 11.3 Å². The summed E-state index contributed by atoms with van der Waals surface area (Å²) in [6.07, 6.45) is 4.87. The second-order valence-electron chi connectivity index (χ2n) is 9.91. The fourth-order valence-electron chi connectivity index (χ4n) is 5.39. The maximum absolute atomic E-state index is 2.59. The van der Waals surface area contributed by atoms with Crippen molar-refractivity contribution in [2.75, 3.05) is 0 Å². The van der Waals surface area contributed by atoms with Crippen molar-refractivity contribution in [3.63, 3.8) is 0 Å². The van der Waals surface area contributed by atoms with Crippen molar-refractivity contribution < 1.29 is 46.1 Å². The van der Waals surface area contributed by atoms with E-state index in [-0.39, 0.29) is 30.2 Å². The Labute approximate surface area is 209 Å². The molecule has 4 rings (SSSR count). The summed E-state index contributed by atoms with van der Waals surface area (Å²) in [6, 6.07) is 16.2. The van der Waals surface area contributed by atoms with Gasteiger partial charge >= 0.3 is 186 Å². The minimum absolute atomic E-state index is 0. The van der Waals surface area contributed by atoms with Gasteiger partial charge in [-0.1, -0.05) is 0 Å². The number of fused-ring (bicyclic) bond motifs is 3. The van der Waals surface area contributed by atoms with E-state index in [1.807, 2.05) is 3.28 Å². The summed E-state index contributed by atoms with van der Waals surface area (Å²) in [5.41, 5.74) is 9.61. The van der Waals surface area contributed by atoms with Gasteiger partial charge in [-0.25, -0.2) is 0 Å². The molecule has 0 saturated carbocycles. The van der Waals surface area contributed by atoms with Crippen molar-refractivity contribution >= 4 is 6.48 Å². The average molecular weight is 533 g/mol. The zero-order valence-electron chi connectivity index (χ0n) is 19.9. The van der Waals surface area contributed by atoms with Crippen molar-refractivity contribution in [1.29, 1.82) is 0 Å². The SMILES string of the molecule is CCC1=[C]([Zr+2](=[C](C)C)[c]2cccc3c2Cc2ccccc2-3)C(C)C=C1C(C)(C)C.[Cl-].[Cl-]. The van der Waals surface area contributed by atoms with Crippen LogP contribution in [0.4, 0.5) is 0 Å². The van der Waals surface area contributed by atoms with Gasteiger partial charge in [-0.2, -0.15) is 0 Å². The molecular formula is C28H34Cl2Zr. The van der Waals surface area contributed by atoms with Crippen LogP contribution in [0.5, 0.6) is 0 Å². The third kappa shape index (κ3) is 4.66. The molecule has 2 aromatic carbocycles. The number of benzene rings is 2. The molecule has 2 aliphatic rings. The third-order valence-electron chi connectivity index (χ3n) is 6.57. The van der Waals surface area contributed by atoms with E-state index < -0.39 is 21.3 Å². The molecule has 1 atom stereocenters. The predicted octanol–water partition coefficient (Wildman–Crippen LogP) is 1.01. The van der Waals surface area contributed by atoms with E-state index in [2.05, 4.69) is 97.0 Å². The fraction of sp³-hybridized carbons (Fsp3) is 0.393. The summed E-state index contributed by atoms with van der Waals surface area (Å²) < 4.78 is 5.26. The molecule has 3 heteroatoms. The fourth-order valence-corrected chi connectivity index (χ4v) is 13.5. The van der Waals surface area contributed by atoms with Gasteiger partial charge < -0.3 is 24.8 Å². The molecule has 0 aliphatic heterocycles. The average Bonchev–Trinajstić information content (AvgIpc) is 3.20. The number of halogens is 2. The third-order valence-corrected chi connectivity index (χ3v) is 14.7. The van der Waals surface area contributed by atoms with E-state index in [4.69, 9.17) is 0 Å². The van der Waals surface area contributed by atoms with Gasteiger partial charge in [0, 0.05) is 0 Å². The van der Waals surface area contributed by atoms with Crippen LogP contribution < -0.4 is 28.1 Å². The Kier molecular flexibility index (Phi) is 8.57. The standard InChI is InChI=1S/C13H9.C12H19.C3H6.2ClH.Zr/c1-3-7-12-10(5-1)9-11-6-2-4-8-13(11)12;1-6-10-7-9(2)8-11(10)12(3,4)5;1-3-2;;;/h1-5,7-8H,9H2;8-9H,6H2,1-5H3;1-2H3;2*1H;/q;;;;;+2/p-2. The molecule has 0 bridgehead atoms. The van der Waals surface area contributed by atoms with Gasteiger partial charge in [-0.05, 0) is 0 Å². The molecule has 0 aromatic heterocycles. The number of rotatable bonds is 3. The molecule has 31 heavy (non-hydrogen) atoms. The smallest absolute Gasteiger partial charge is 1.00 e. The number of allylic oxidation sites excluding steroid dienone is 4. The minimum atomic E-state index is -2.14. The van der Waals surface area contributed by atoms with Crippen molar-refractivity contribution in [1.82, 2.24) is 0 Å². The van der Waals surface area contributed by atoms with Crippen LogP contribution in [-0.4, -0.2) is 3.21 Å². The molecule has 1 unspecified atom stereocenters. The summed E-state index contributed by atoms with van der Waals surface area (Å²) >= 11 is -2.14. The van der Waals surface area contributed by atoms with E-state index in [1.165, 1.54) is 16.7 Å². The van der Waals surface area contributed by atoms with E-state index in [0.717, 1.165) is 12.8 Å². The van der Waals surface area contributed by atoms with Gasteiger partial charge in [0.2, 0.25) is 0 Å². The van der Waals surface area contributed by atoms with Crippen LogP contribution in [0.3, 0.4) is 0 Å². The molecule has 0 heterocycles. The van der Waals surface area contributed by atoms with Crippen LogP contribution >= 0.6 is 0 Å². The second kappa shape index (κ2) is 10.0. The molecule has 0 saturated heterocycles. The topological polar surface area (TPSA) is 0 Å². The van der Waals surface area contributed by atoms with E-state index >= 15 is 0 Å². The summed E-state index contributed by atoms with van der Waals surface area (Å²) in [4.78, 5) is 0. The van der Waals surface area contributed by atoms with E-state index in [1.54, 1.807) is 23.2 Å². The Morgan fingerprint density at radius 2 is 1.61 bits per heavy atom. The monoisotopic (exact) mass is 530 g/mol. The van der Waals surface area contributed by atoms with Crippen LogP contribution in [0.2, 0.25) is 0 Å². The normalized spacial score (nSPS) is 16.5. The Morgan fingerprint density at radius 1 is 0.968 bits per heavy atom. The maximum Gasteiger partial charge on any atom is -1.00 e. The molecule has 0 radical (unpaired) electrons. The van der Waals surface area contributed by atoms with Crippen LogP contribution in [0.15, 0.2) is 63.0 Å². The molecule has 0 N–H and O–H groups in total. The van der Waals surface area contributed by atoms with Crippen molar-refractivity contribution in [3.8, 4) is 11.1 Å². The summed E-state index contributed by atoms with van der Waals surface area (Å²) in [6.45, 7) is 16.8. The van der Waals surface area contributed by atoms with Crippen molar-refractivity contribution in [3.05, 3.63) is 74.1 Å². The molecule has 0 amide bonds. The first-order valence-electron chi connectivity index (χ1n) is 11.1. The van der Waals surface area contributed by atoms with Crippen LogP contribution in [-0.2, 0) is 27.7 Å². The van der Waals surface area contributed by atoms with Gasteiger partial charge in [-0.3, -0.25) is 0 Å². The summed E-state index contributed by atoms with van der Waals surface area (Å²) in [5, 5.41) is 0. The Hall–Kier alpha value is -0.747. The molecule has 0 fully saturated rings. The first-order chi connectivity index (χ1) is 13.7. The van der Waals surface area contributed by atoms with E-state index in [0.29, 0.717) is 5.92 Å². The van der Waals surface area contributed by atoms with Crippen LogP contribution in [0, 0.1) is 11.3 Å². The molecule has 0 spiro atoms. The van der Waals surface area contributed by atoms with Gasteiger partial charge in [0.05, 0.1) is 0 Å².